The van der Waals surface area contributed by atoms with Gasteiger partial charge >= 0.3 is 0 Å². The standard InChI is InChI=1S/C9H13N/c1-3-5-6-7-8-9-10-4-2/h7,10H,1,4,8-9H2,2H3. The molecule has 0 spiro atoms. The van der Waals surface area contributed by atoms with Gasteiger partial charge < -0.3 is 5.32 Å². The van der Waals surface area contributed by atoms with Gasteiger partial charge in [-0.1, -0.05) is 18.4 Å². The molecule has 1 N–H and O–H groups in total. The Labute approximate surface area is 62.5 Å². The Bertz CT molecular complexity index is 175. The molecule has 0 bridgehead atoms. The van der Waals surface area contributed by atoms with E-state index in [1.807, 2.05) is 6.08 Å². The number of nitrogens with one attached hydrogen (secondary N) is 1. The molecule has 10 heavy (non-hydrogen) atoms. The van der Waals surface area contributed by atoms with E-state index in [4.69, 9.17) is 0 Å². The largest absolute Gasteiger partial charge is 0.317 e. The lowest BCUT2D eigenvalue weighted by Gasteiger charge is -1.92. The summed E-state index contributed by atoms with van der Waals surface area (Å²) in [6, 6.07) is 0. The van der Waals surface area contributed by atoms with Crippen LogP contribution in [0, 0.1) is 0 Å². The quantitative estimate of drug-likeness (QED) is 0.456. The minimum absolute atomic E-state index is 0.989. The summed E-state index contributed by atoms with van der Waals surface area (Å²) in [5.74, 6) is 0. The first kappa shape index (κ1) is 9.04. The summed E-state index contributed by atoms with van der Waals surface area (Å²) >= 11 is 0. The van der Waals surface area contributed by atoms with Crippen LogP contribution in [0.15, 0.2) is 29.8 Å². The lowest BCUT2D eigenvalue weighted by Crippen LogP contribution is -2.12. The van der Waals surface area contributed by atoms with E-state index < -0.39 is 0 Å². The van der Waals surface area contributed by atoms with Gasteiger partial charge in [0.1, 0.15) is 0 Å². The van der Waals surface area contributed by atoms with Gasteiger partial charge in [-0.3, -0.25) is 0 Å². The molecule has 1 nitrogen and oxygen atoms in total. The van der Waals surface area contributed by atoms with Gasteiger partial charge in [0.25, 0.3) is 0 Å². The van der Waals surface area contributed by atoms with E-state index in [0.717, 1.165) is 19.5 Å². The van der Waals surface area contributed by atoms with E-state index in [0.29, 0.717) is 0 Å². The molecule has 0 saturated heterocycles. The average Bonchev–Trinajstić information content (AvgIpc) is 1.97. The van der Waals surface area contributed by atoms with Crippen LogP contribution in [0.4, 0.5) is 0 Å². The Hall–Kier alpha value is -0.960. The lowest BCUT2D eigenvalue weighted by atomic mass is 10.4. The highest BCUT2D eigenvalue weighted by Crippen LogP contribution is 1.75. The minimum Gasteiger partial charge on any atom is -0.317 e. The first-order valence-electron chi connectivity index (χ1n) is 3.46. The predicted molar refractivity (Wildman–Crippen MR) is 43.9 cm³/mol. The summed E-state index contributed by atoms with van der Waals surface area (Å²) < 4.78 is 0. The van der Waals surface area contributed by atoms with E-state index in [-0.39, 0.29) is 0 Å². The van der Waals surface area contributed by atoms with Crippen molar-refractivity contribution in [2.24, 2.45) is 0 Å². The van der Waals surface area contributed by atoms with Gasteiger partial charge in [-0.15, -0.1) is 0 Å². The van der Waals surface area contributed by atoms with E-state index >= 15 is 0 Å². The van der Waals surface area contributed by atoms with E-state index in [2.05, 4.69) is 36.0 Å². The summed E-state index contributed by atoms with van der Waals surface area (Å²) in [6.45, 7) is 7.47. The SMILES string of the molecule is C=C=C=C=CCCNCC. The van der Waals surface area contributed by atoms with Crippen LogP contribution in [-0.2, 0) is 0 Å². The average molecular weight is 135 g/mol. The monoisotopic (exact) mass is 135 g/mol. The Morgan fingerprint density at radius 2 is 2.40 bits per heavy atom. The van der Waals surface area contributed by atoms with Crippen LogP contribution in [0.1, 0.15) is 13.3 Å². The normalized spacial score (nSPS) is 7.30. The second-order valence-corrected chi connectivity index (χ2v) is 1.79. The molecule has 0 rings (SSSR count). The zero-order valence-electron chi connectivity index (χ0n) is 6.41. The molecule has 0 heterocycles. The van der Waals surface area contributed by atoms with Crippen molar-refractivity contribution in [1.29, 1.82) is 0 Å². The summed E-state index contributed by atoms with van der Waals surface area (Å²) in [7, 11) is 0. The molecule has 0 aliphatic carbocycles. The van der Waals surface area contributed by atoms with E-state index in [9.17, 15) is 0 Å². The molecular weight excluding hydrogens is 122 g/mol. The summed E-state index contributed by atoms with van der Waals surface area (Å²) in [6.07, 6.45) is 2.91. The molecule has 0 unspecified atom stereocenters. The highest BCUT2D eigenvalue weighted by molar-refractivity contribution is 4.84. The molecule has 0 aromatic heterocycles. The van der Waals surface area contributed by atoms with Crippen LogP contribution in [-0.4, -0.2) is 13.1 Å². The predicted octanol–water partition coefficient (Wildman–Crippen LogP) is 1.64. The molecule has 54 valence electrons. The van der Waals surface area contributed by atoms with Crippen molar-refractivity contribution in [2.75, 3.05) is 13.1 Å². The molecule has 0 aromatic rings. The molecule has 1 heteroatoms. The maximum absolute atomic E-state index is 3.36. The molecule has 0 fully saturated rings. The summed E-state index contributed by atoms with van der Waals surface area (Å²) in [4.78, 5) is 0. The number of hydrogen-bond donors (Lipinski definition) is 1. The molecule has 0 aromatic carbocycles. The van der Waals surface area contributed by atoms with Gasteiger partial charge in [0.05, 0.1) is 0 Å². The van der Waals surface area contributed by atoms with Crippen molar-refractivity contribution in [2.45, 2.75) is 13.3 Å². The third kappa shape index (κ3) is 7.04. The molecular formula is C9H13N. The molecule has 0 aliphatic heterocycles. The van der Waals surface area contributed by atoms with Crippen LogP contribution in [0.5, 0.6) is 0 Å². The fourth-order valence-corrected chi connectivity index (χ4v) is 0.525. The Morgan fingerprint density at radius 1 is 1.60 bits per heavy atom. The second-order valence-electron chi connectivity index (χ2n) is 1.79. The Kier molecular flexibility index (Phi) is 7.27. The van der Waals surface area contributed by atoms with Crippen molar-refractivity contribution in [3.63, 3.8) is 0 Å². The van der Waals surface area contributed by atoms with Crippen molar-refractivity contribution < 1.29 is 0 Å². The highest BCUT2D eigenvalue weighted by Gasteiger charge is 1.75. The van der Waals surface area contributed by atoms with Crippen LogP contribution in [0.25, 0.3) is 0 Å². The fraction of sp³-hybridized carbons (Fsp3) is 0.444. The first-order chi connectivity index (χ1) is 4.91. The molecule has 0 saturated carbocycles. The zero-order chi connectivity index (χ0) is 7.66. The summed E-state index contributed by atoms with van der Waals surface area (Å²) in [5.41, 5.74) is 7.93. The Balaban J connectivity index is 3.36. The Morgan fingerprint density at radius 3 is 3.00 bits per heavy atom. The smallest absolute Gasteiger partial charge is 0.000805 e. The van der Waals surface area contributed by atoms with Crippen LogP contribution < -0.4 is 5.32 Å². The number of rotatable bonds is 4. The maximum Gasteiger partial charge on any atom is -0.000805 e. The van der Waals surface area contributed by atoms with Crippen LogP contribution >= 0.6 is 0 Å². The van der Waals surface area contributed by atoms with Gasteiger partial charge in [0.15, 0.2) is 0 Å². The fourth-order valence-electron chi connectivity index (χ4n) is 0.525. The maximum atomic E-state index is 3.36. The van der Waals surface area contributed by atoms with E-state index in [1.165, 1.54) is 0 Å². The van der Waals surface area contributed by atoms with Gasteiger partial charge in [0.2, 0.25) is 0 Å². The van der Waals surface area contributed by atoms with Gasteiger partial charge in [-0.05, 0) is 37.9 Å². The molecule has 0 atom stereocenters. The van der Waals surface area contributed by atoms with Crippen molar-refractivity contribution in [3.8, 4) is 0 Å². The topological polar surface area (TPSA) is 12.0 Å². The first-order valence-corrected chi connectivity index (χ1v) is 3.46. The molecule has 0 aliphatic rings. The third-order valence-corrected chi connectivity index (χ3v) is 0.978. The summed E-state index contributed by atoms with van der Waals surface area (Å²) in [5, 5.41) is 3.19. The van der Waals surface area contributed by atoms with Crippen LogP contribution in [0.2, 0.25) is 0 Å². The highest BCUT2D eigenvalue weighted by atomic mass is 14.8. The van der Waals surface area contributed by atoms with Crippen LogP contribution in [0.3, 0.4) is 0 Å². The van der Waals surface area contributed by atoms with Crippen molar-refractivity contribution >= 4 is 0 Å². The van der Waals surface area contributed by atoms with Gasteiger partial charge in [0, 0.05) is 0 Å². The zero-order valence-corrected chi connectivity index (χ0v) is 6.41. The minimum atomic E-state index is 0.989. The van der Waals surface area contributed by atoms with E-state index in [1.54, 1.807) is 0 Å². The lowest BCUT2D eigenvalue weighted by molar-refractivity contribution is 0.727. The number of hydrogen-bond acceptors (Lipinski definition) is 1. The molecule has 0 radical (unpaired) electrons. The molecule has 0 amide bonds. The van der Waals surface area contributed by atoms with Crippen molar-refractivity contribution in [3.05, 3.63) is 29.8 Å². The third-order valence-electron chi connectivity index (χ3n) is 0.978. The second kappa shape index (κ2) is 8.04. The van der Waals surface area contributed by atoms with Crippen molar-refractivity contribution in [1.82, 2.24) is 5.32 Å². The van der Waals surface area contributed by atoms with Gasteiger partial charge in [-0.25, -0.2) is 0 Å². The van der Waals surface area contributed by atoms with Gasteiger partial charge in [-0.2, -0.15) is 0 Å².